The van der Waals surface area contributed by atoms with E-state index in [9.17, 15) is 0 Å². The van der Waals surface area contributed by atoms with Crippen LogP contribution in [0.5, 0.6) is 0 Å². The zero-order valence-electron chi connectivity index (χ0n) is 9.44. The highest BCUT2D eigenvalue weighted by molar-refractivity contribution is 9.09. The highest BCUT2D eigenvalue weighted by Crippen LogP contribution is 2.17. The summed E-state index contributed by atoms with van der Waals surface area (Å²) in [6.07, 6.45) is 4.19. The van der Waals surface area contributed by atoms with E-state index in [1.54, 1.807) is 0 Å². The fraction of sp³-hybridized carbons (Fsp3) is 0.0667. The fourth-order valence-electron chi connectivity index (χ4n) is 1.59. The van der Waals surface area contributed by atoms with Gasteiger partial charge in [0.15, 0.2) is 0 Å². The van der Waals surface area contributed by atoms with Gasteiger partial charge in [-0.15, -0.1) is 0 Å². The van der Waals surface area contributed by atoms with E-state index in [0.717, 1.165) is 16.7 Å². The summed E-state index contributed by atoms with van der Waals surface area (Å²) in [6, 6.07) is 18.5. The van der Waals surface area contributed by atoms with Crippen LogP contribution >= 0.6 is 15.9 Å². The summed E-state index contributed by atoms with van der Waals surface area (Å²) >= 11 is 3.38. The molecule has 2 rings (SSSR count). The Morgan fingerprint density at radius 1 is 0.941 bits per heavy atom. The number of hydrogen-bond donors (Lipinski definition) is 1. The first-order valence-corrected chi connectivity index (χ1v) is 6.65. The fourth-order valence-corrected chi connectivity index (χ4v) is 1.78. The average Bonchev–Trinajstić information content (AvgIpc) is 2.38. The van der Waals surface area contributed by atoms with Crippen molar-refractivity contribution in [3.05, 3.63) is 66.2 Å². The van der Waals surface area contributed by atoms with Crippen LogP contribution in [0.3, 0.4) is 0 Å². The Morgan fingerprint density at radius 2 is 1.71 bits per heavy atom. The molecule has 0 bridgehead atoms. The van der Waals surface area contributed by atoms with Gasteiger partial charge in [-0.3, -0.25) is 0 Å². The van der Waals surface area contributed by atoms with Crippen LogP contribution in [0.25, 0.3) is 6.08 Å². The molecule has 2 aromatic rings. The van der Waals surface area contributed by atoms with E-state index in [1.807, 2.05) is 18.2 Å². The van der Waals surface area contributed by atoms with Gasteiger partial charge in [0, 0.05) is 16.7 Å². The third-order valence-electron chi connectivity index (χ3n) is 2.35. The number of alkyl halides is 1. The minimum Gasteiger partial charge on any atom is -0.356 e. The first kappa shape index (κ1) is 11.9. The van der Waals surface area contributed by atoms with Crippen molar-refractivity contribution >= 4 is 33.4 Å². The number of hydrogen-bond acceptors (Lipinski definition) is 1. The second-order valence-corrected chi connectivity index (χ2v) is 4.32. The number of benzene rings is 2. The number of para-hydroxylation sites is 1. The van der Waals surface area contributed by atoms with Crippen molar-refractivity contribution in [3.63, 3.8) is 0 Å². The van der Waals surface area contributed by atoms with Crippen molar-refractivity contribution in [1.29, 1.82) is 0 Å². The number of rotatable bonds is 4. The summed E-state index contributed by atoms with van der Waals surface area (Å²) in [5.74, 6) is 0. The lowest BCUT2D eigenvalue weighted by atomic mass is 10.2. The van der Waals surface area contributed by atoms with Crippen molar-refractivity contribution in [2.75, 3.05) is 10.6 Å². The van der Waals surface area contributed by atoms with Crippen LogP contribution in [0, 0.1) is 0 Å². The molecule has 0 aromatic heterocycles. The monoisotopic (exact) mass is 287 g/mol. The molecule has 0 aliphatic rings. The summed E-state index contributed by atoms with van der Waals surface area (Å²) in [4.78, 5) is 0. The van der Waals surface area contributed by atoms with Crippen LogP contribution in [0.4, 0.5) is 11.4 Å². The molecular weight excluding hydrogens is 274 g/mol. The normalized spacial score (nSPS) is 10.6. The highest BCUT2D eigenvalue weighted by Gasteiger charge is 1.94. The third kappa shape index (κ3) is 3.75. The first-order valence-electron chi connectivity index (χ1n) is 5.53. The van der Waals surface area contributed by atoms with Crippen molar-refractivity contribution < 1.29 is 0 Å². The topological polar surface area (TPSA) is 12.0 Å². The lowest BCUT2D eigenvalue weighted by Crippen LogP contribution is -1.89. The minimum atomic E-state index is 0.878. The molecule has 1 nitrogen and oxygen atoms in total. The van der Waals surface area contributed by atoms with Gasteiger partial charge in [-0.1, -0.05) is 58.4 Å². The SMILES string of the molecule is BrCC=Cc1cccc(Nc2ccccc2)c1. The molecule has 0 aliphatic heterocycles. The molecule has 0 atom stereocenters. The largest absolute Gasteiger partial charge is 0.356 e. The maximum Gasteiger partial charge on any atom is 0.0390 e. The second-order valence-electron chi connectivity index (χ2n) is 3.67. The molecule has 2 heteroatoms. The molecule has 0 saturated heterocycles. The lowest BCUT2D eigenvalue weighted by Gasteiger charge is -2.06. The Kier molecular flexibility index (Phi) is 4.39. The van der Waals surface area contributed by atoms with E-state index < -0.39 is 0 Å². The molecule has 17 heavy (non-hydrogen) atoms. The number of halogens is 1. The predicted molar refractivity (Wildman–Crippen MR) is 79.0 cm³/mol. The van der Waals surface area contributed by atoms with Crippen LogP contribution in [-0.4, -0.2) is 5.33 Å². The quantitative estimate of drug-likeness (QED) is 0.794. The maximum atomic E-state index is 3.38. The van der Waals surface area contributed by atoms with Gasteiger partial charge in [0.1, 0.15) is 0 Å². The van der Waals surface area contributed by atoms with Gasteiger partial charge >= 0.3 is 0 Å². The van der Waals surface area contributed by atoms with Gasteiger partial charge in [0.05, 0.1) is 0 Å². The van der Waals surface area contributed by atoms with E-state index in [1.165, 1.54) is 5.56 Å². The minimum absolute atomic E-state index is 0.878. The molecular formula is C15H14BrN. The number of anilines is 2. The van der Waals surface area contributed by atoms with Gasteiger partial charge in [-0.25, -0.2) is 0 Å². The van der Waals surface area contributed by atoms with Crippen molar-refractivity contribution in [2.24, 2.45) is 0 Å². The smallest absolute Gasteiger partial charge is 0.0390 e. The van der Waals surface area contributed by atoms with Gasteiger partial charge in [0.2, 0.25) is 0 Å². The Balaban J connectivity index is 2.14. The molecule has 0 fully saturated rings. The van der Waals surface area contributed by atoms with Crippen LogP contribution < -0.4 is 5.32 Å². The molecule has 1 N–H and O–H groups in total. The molecule has 0 radical (unpaired) electrons. The summed E-state index contributed by atoms with van der Waals surface area (Å²) < 4.78 is 0. The van der Waals surface area contributed by atoms with Gasteiger partial charge < -0.3 is 5.32 Å². The van der Waals surface area contributed by atoms with Gasteiger partial charge in [-0.05, 0) is 29.8 Å². The molecule has 0 spiro atoms. The zero-order chi connectivity index (χ0) is 11.9. The van der Waals surface area contributed by atoms with E-state index in [4.69, 9.17) is 0 Å². The summed E-state index contributed by atoms with van der Waals surface area (Å²) in [5, 5.41) is 4.25. The molecule has 0 saturated carbocycles. The lowest BCUT2D eigenvalue weighted by molar-refractivity contribution is 1.54. The molecule has 0 aliphatic carbocycles. The number of allylic oxidation sites excluding steroid dienone is 1. The molecule has 86 valence electrons. The van der Waals surface area contributed by atoms with Crippen LogP contribution in [0.2, 0.25) is 0 Å². The summed E-state index contributed by atoms with van der Waals surface area (Å²) in [5.41, 5.74) is 3.41. The molecule has 0 amide bonds. The Morgan fingerprint density at radius 3 is 2.47 bits per heavy atom. The first-order chi connectivity index (χ1) is 8.38. The summed E-state index contributed by atoms with van der Waals surface area (Å²) in [7, 11) is 0. The highest BCUT2D eigenvalue weighted by atomic mass is 79.9. The van der Waals surface area contributed by atoms with Crippen LogP contribution in [-0.2, 0) is 0 Å². The van der Waals surface area contributed by atoms with Gasteiger partial charge in [0.25, 0.3) is 0 Å². The van der Waals surface area contributed by atoms with Crippen molar-refractivity contribution in [3.8, 4) is 0 Å². The Labute approximate surface area is 110 Å². The predicted octanol–water partition coefficient (Wildman–Crippen LogP) is 4.84. The standard InChI is InChI=1S/C15H14BrN/c16-11-5-7-13-6-4-10-15(12-13)17-14-8-2-1-3-9-14/h1-10,12,17H,11H2. The second kappa shape index (κ2) is 6.26. The average molecular weight is 288 g/mol. The van der Waals surface area contributed by atoms with Crippen molar-refractivity contribution in [1.82, 2.24) is 0 Å². The molecule has 2 aromatic carbocycles. The third-order valence-corrected chi connectivity index (χ3v) is 2.72. The van der Waals surface area contributed by atoms with E-state index >= 15 is 0 Å². The molecule has 0 heterocycles. The Bertz CT molecular complexity index is 491. The number of nitrogens with one attached hydrogen (secondary N) is 1. The maximum absolute atomic E-state index is 3.38. The van der Waals surface area contributed by atoms with Gasteiger partial charge in [-0.2, -0.15) is 0 Å². The van der Waals surface area contributed by atoms with E-state index in [0.29, 0.717) is 0 Å². The zero-order valence-corrected chi connectivity index (χ0v) is 11.0. The van der Waals surface area contributed by atoms with E-state index in [-0.39, 0.29) is 0 Å². The molecule has 0 unspecified atom stereocenters. The van der Waals surface area contributed by atoms with Crippen LogP contribution in [0.1, 0.15) is 5.56 Å². The van der Waals surface area contributed by atoms with Crippen LogP contribution in [0.15, 0.2) is 60.7 Å². The van der Waals surface area contributed by atoms with Crippen molar-refractivity contribution in [2.45, 2.75) is 0 Å². The summed E-state index contributed by atoms with van der Waals surface area (Å²) in [6.45, 7) is 0. The van der Waals surface area contributed by atoms with E-state index in [2.05, 4.69) is 69.8 Å². The Hall–Kier alpha value is -1.54.